The zero-order valence-corrected chi connectivity index (χ0v) is 16.9. The third-order valence-corrected chi connectivity index (χ3v) is 7.86. The molecule has 4 nitrogen and oxygen atoms in total. The first-order valence-electron chi connectivity index (χ1n) is 9.10. The average molecular weight is 412 g/mol. The van der Waals surface area contributed by atoms with Gasteiger partial charge in [0.1, 0.15) is 12.4 Å². The zero-order chi connectivity index (χ0) is 19.4. The first-order valence-corrected chi connectivity index (χ1v) is 11.6. The van der Waals surface area contributed by atoms with Gasteiger partial charge in [0.2, 0.25) is 10.0 Å². The second-order valence-electron chi connectivity index (χ2n) is 6.50. The quantitative estimate of drug-likeness (QED) is 0.590. The first kappa shape index (κ1) is 19.1. The van der Waals surface area contributed by atoms with Gasteiger partial charge in [-0.3, -0.25) is 0 Å². The van der Waals surface area contributed by atoms with Gasteiger partial charge < -0.3 is 4.74 Å². The second kappa shape index (κ2) is 8.39. The Labute approximate surface area is 170 Å². The Kier molecular flexibility index (Phi) is 5.71. The van der Waals surface area contributed by atoms with Gasteiger partial charge in [0.15, 0.2) is 0 Å². The van der Waals surface area contributed by atoms with Gasteiger partial charge in [0.05, 0.1) is 10.3 Å². The number of rotatable bonds is 6. The van der Waals surface area contributed by atoms with Crippen molar-refractivity contribution in [3.63, 3.8) is 0 Å². The molecular formula is C22H21NO3S2. The van der Waals surface area contributed by atoms with Crippen molar-refractivity contribution in [1.29, 1.82) is 0 Å². The maximum atomic E-state index is 13.1. The fourth-order valence-electron chi connectivity index (χ4n) is 3.19. The molecule has 0 spiro atoms. The van der Waals surface area contributed by atoms with Crippen LogP contribution in [0.2, 0.25) is 0 Å². The van der Waals surface area contributed by atoms with Gasteiger partial charge >= 0.3 is 0 Å². The predicted octanol–water partition coefficient (Wildman–Crippen LogP) is 4.70. The lowest BCUT2D eigenvalue weighted by atomic mass is 10.2. The largest absolute Gasteiger partial charge is 0.489 e. The van der Waals surface area contributed by atoms with E-state index in [0.717, 1.165) is 22.6 Å². The number of thioether (sulfide) groups is 1. The highest BCUT2D eigenvalue weighted by atomic mass is 32.2. The summed E-state index contributed by atoms with van der Waals surface area (Å²) in [6.45, 7) is 0.982. The van der Waals surface area contributed by atoms with Crippen molar-refractivity contribution in [2.45, 2.75) is 16.9 Å². The summed E-state index contributed by atoms with van der Waals surface area (Å²) >= 11 is 1.64. The Hall–Kier alpha value is -2.28. The molecule has 28 heavy (non-hydrogen) atoms. The molecule has 3 aromatic rings. The summed E-state index contributed by atoms with van der Waals surface area (Å²) in [5, 5.41) is -0.245. The maximum Gasteiger partial charge on any atom is 0.244 e. The van der Waals surface area contributed by atoms with E-state index in [1.54, 1.807) is 40.3 Å². The molecule has 3 aromatic carbocycles. The van der Waals surface area contributed by atoms with Gasteiger partial charge in [-0.15, -0.1) is 11.8 Å². The summed E-state index contributed by atoms with van der Waals surface area (Å²) in [7, 11) is -3.53. The Balaban J connectivity index is 1.55. The van der Waals surface area contributed by atoms with Crippen LogP contribution in [0, 0.1) is 0 Å². The maximum absolute atomic E-state index is 13.1. The van der Waals surface area contributed by atoms with Gasteiger partial charge in [0, 0.05) is 12.3 Å². The highest BCUT2D eigenvalue weighted by molar-refractivity contribution is 8.01. The Morgan fingerprint density at radius 2 is 1.64 bits per heavy atom. The molecule has 0 aromatic heterocycles. The van der Waals surface area contributed by atoms with Crippen LogP contribution in [0.1, 0.15) is 16.5 Å². The van der Waals surface area contributed by atoms with E-state index in [0.29, 0.717) is 18.0 Å². The van der Waals surface area contributed by atoms with Gasteiger partial charge in [-0.25, -0.2) is 8.42 Å². The Bertz CT molecular complexity index is 1020. The average Bonchev–Trinajstić information content (AvgIpc) is 3.25. The lowest BCUT2D eigenvalue weighted by Gasteiger charge is -2.24. The molecule has 4 rings (SSSR count). The molecule has 1 saturated heterocycles. The minimum absolute atomic E-state index is 0.245. The van der Waals surface area contributed by atoms with Crippen molar-refractivity contribution in [2.75, 3.05) is 12.3 Å². The molecule has 0 saturated carbocycles. The van der Waals surface area contributed by atoms with Crippen molar-refractivity contribution in [1.82, 2.24) is 4.31 Å². The van der Waals surface area contributed by atoms with Crippen LogP contribution < -0.4 is 4.74 Å². The van der Waals surface area contributed by atoms with E-state index in [4.69, 9.17) is 4.74 Å². The lowest BCUT2D eigenvalue weighted by Crippen LogP contribution is -2.30. The van der Waals surface area contributed by atoms with Crippen molar-refractivity contribution in [3.8, 4) is 5.75 Å². The molecule has 0 aliphatic carbocycles. The normalized spacial score (nSPS) is 17.5. The minimum atomic E-state index is -3.53. The number of ether oxygens (including phenoxy) is 1. The fraction of sp³-hybridized carbons (Fsp3) is 0.182. The summed E-state index contributed by atoms with van der Waals surface area (Å²) in [6, 6.07) is 26.3. The topological polar surface area (TPSA) is 46.6 Å². The standard InChI is InChI=1S/C22H21NO3S2/c24-28(25,21-12-5-2-6-13-21)23-14-15-27-22(23)19-10-7-11-20(16-19)26-17-18-8-3-1-4-9-18/h1-13,16,22H,14-15,17H2. The molecule has 1 fully saturated rings. The van der Waals surface area contributed by atoms with E-state index >= 15 is 0 Å². The van der Waals surface area contributed by atoms with Crippen molar-refractivity contribution in [3.05, 3.63) is 96.1 Å². The monoisotopic (exact) mass is 411 g/mol. The fourth-order valence-corrected chi connectivity index (χ4v) is 6.44. The zero-order valence-electron chi connectivity index (χ0n) is 15.3. The van der Waals surface area contributed by atoms with Gasteiger partial charge in [-0.05, 0) is 35.4 Å². The molecule has 144 valence electrons. The van der Waals surface area contributed by atoms with Crippen LogP contribution in [0.4, 0.5) is 0 Å². The van der Waals surface area contributed by atoms with Crippen molar-refractivity contribution >= 4 is 21.8 Å². The van der Waals surface area contributed by atoms with Crippen LogP contribution in [0.3, 0.4) is 0 Å². The van der Waals surface area contributed by atoms with E-state index in [9.17, 15) is 8.42 Å². The summed E-state index contributed by atoms with van der Waals surface area (Å²) in [6.07, 6.45) is 0. The Morgan fingerprint density at radius 1 is 0.929 bits per heavy atom. The highest BCUT2D eigenvalue weighted by Crippen LogP contribution is 2.42. The molecule has 0 N–H and O–H groups in total. The number of nitrogens with zero attached hydrogens (tertiary/aromatic N) is 1. The summed E-state index contributed by atoms with van der Waals surface area (Å²) in [5.41, 5.74) is 2.03. The molecule has 1 heterocycles. The molecule has 1 unspecified atom stereocenters. The summed E-state index contributed by atoms with van der Waals surface area (Å²) in [4.78, 5) is 0.332. The number of hydrogen-bond donors (Lipinski definition) is 0. The summed E-state index contributed by atoms with van der Waals surface area (Å²) < 4.78 is 33.7. The highest BCUT2D eigenvalue weighted by Gasteiger charge is 2.36. The number of hydrogen-bond acceptors (Lipinski definition) is 4. The second-order valence-corrected chi connectivity index (χ2v) is 9.58. The smallest absolute Gasteiger partial charge is 0.244 e. The van der Waals surface area contributed by atoms with Gasteiger partial charge in [-0.1, -0.05) is 60.7 Å². The number of sulfonamides is 1. The van der Waals surface area contributed by atoms with Crippen LogP contribution in [0.15, 0.2) is 89.8 Å². The lowest BCUT2D eigenvalue weighted by molar-refractivity contribution is 0.305. The molecule has 6 heteroatoms. The van der Waals surface area contributed by atoms with E-state index < -0.39 is 10.0 Å². The molecular weight excluding hydrogens is 390 g/mol. The molecule has 1 aliphatic rings. The van der Waals surface area contributed by atoms with E-state index in [2.05, 4.69) is 0 Å². The van der Waals surface area contributed by atoms with E-state index in [1.165, 1.54) is 0 Å². The minimum Gasteiger partial charge on any atom is -0.489 e. The van der Waals surface area contributed by atoms with E-state index in [-0.39, 0.29) is 5.37 Å². The van der Waals surface area contributed by atoms with Crippen LogP contribution in [-0.2, 0) is 16.6 Å². The first-order chi connectivity index (χ1) is 13.6. The van der Waals surface area contributed by atoms with Crippen LogP contribution >= 0.6 is 11.8 Å². The van der Waals surface area contributed by atoms with Crippen LogP contribution in [0.25, 0.3) is 0 Å². The van der Waals surface area contributed by atoms with Crippen molar-refractivity contribution < 1.29 is 13.2 Å². The van der Waals surface area contributed by atoms with Crippen LogP contribution in [-0.4, -0.2) is 25.0 Å². The molecule has 0 bridgehead atoms. The molecule has 1 aliphatic heterocycles. The third-order valence-electron chi connectivity index (χ3n) is 4.59. The van der Waals surface area contributed by atoms with E-state index in [1.807, 2.05) is 60.7 Å². The molecule has 0 radical (unpaired) electrons. The SMILES string of the molecule is O=S(=O)(c1ccccc1)N1CCSC1c1cccc(OCc2ccccc2)c1. The van der Waals surface area contributed by atoms with Crippen LogP contribution in [0.5, 0.6) is 5.75 Å². The molecule has 0 amide bonds. The molecule has 1 atom stereocenters. The van der Waals surface area contributed by atoms with Crippen molar-refractivity contribution in [2.24, 2.45) is 0 Å². The van der Waals surface area contributed by atoms with Gasteiger partial charge in [0.25, 0.3) is 0 Å². The third kappa shape index (κ3) is 4.09. The Morgan fingerprint density at radius 3 is 2.39 bits per heavy atom. The summed E-state index contributed by atoms with van der Waals surface area (Å²) in [5.74, 6) is 1.51. The number of benzene rings is 3. The van der Waals surface area contributed by atoms with Gasteiger partial charge in [-0.2, -0.15) is 4.31 Å². The predicted molar refractivity (Wildman–Crippen MR) is 113 cm³/mol.